The highest BCUT2D eigenvalue weighted by molar-refractivity contribution is 6.31. The van der Waals surface area contributed by atoms with Crippen LogP contribution in [0.25, 0.3) is 0 Å². The van der Waals surface area contributed by atoms with Crippen LogP contribution in [-0.2, 0) is 11.3 Å². The number of morpholine rings is 1. The number of hydrazone groups is 1. The number of nitrogens with zero attached hydrogens (tertiary/aromatic N) is 6. The normalized spacial score (nSPS) is 16.4. The summed E-state index contributed by atoms with van der Waals surface area (Å²) < 4.78 is 11.5. The molecule has 0 bridgehead atoms. The van der Waals surface area contributed by atoms with Crippen LogP contribution >= 0.6 is 11.6 Å². The Morgan fingerprint density at radius 3 is 2.36 bits per heavy atom. The molecule has 5 rings (SSSR count). The molecule has 10 heteroatoms. The quantitative estimate of drug-likeness (QED) is 0.355. The predicted molar refractivity (Wildman–Crippen MR) is 142 cm³/mol. The third-order valence-corrected chi connectivity index (χ3v) is 6.54. The lowest BCUT2D eigenvalue weighted by atomic mass is 10.1. The topological polar surface area (TPSA) is 88.0 Å². The molecule has 3 aromatic rings. The standard InChI is InChI=1S/C26H30ClN7O2/c27-22-10-4-2-9-21(22)19-36-23-11-5-3-8-20(23)18-28-32-24-29-25(33-12-6-1-7-13-33)31-26(30-24)34-14-16-35-17-15-34/h2-5,8-11,18H,1,6-7,12-17,19H2,(H,29,30,31,32)/b28-18-. The summed E-state index contributed by atoms with van der Waals surface area (Å²) in [4.78, 5) is 18.4. The van der Waals surface area contributed by atoms with E-state index in [1.165, 1.54) is 6.42 Å². The average Bonchev–Trinajstić information content (AvgIpc) is 2.94. The van der Waals surface area contributed by atoms with E-state index in [2.05, 4.69) is 30.3 Å². The minimum absolute atomic E-state index is 0.369. The van der Waals surface area contributed by atoms with E-state index < -0.39 is 0 Å². The van der Waals surface area contributed by atoms with Crippen LogP contribution in [-0.4, -0.2) is 60.6 Å². The zero-order valence-corrected chi connectivity index (χ0v) is 20.9. The molecule has 2 aromatic carbocycles. The predicted octanol–water partition coefficient (Wildman–Crippen LogP) is 4.38. The summed E-state index contributed by atoms with van der Waals surface area (Å²) in [6, 6.07) is 15.4. The Morgan fingerprint density at radius 1 is 0.889 bits per heavy atom. The summed E-state index contributed by atoms with van der Waals surface area (Å²) in [5.41, 5.74) is 4.76. The molecule has 2 fully saturated rings. The smallest absolute Gasteiger partial charge is 0.250 e. The number of rotatable bonds is 8. The van der Waals surface area contributed by atoms with E-state index in [4.69, 9.17) is 26.1 Å². The zero-order chi connectivity index (χ0) is 24.6. The first-order valence-electron chi connectivity index (χ1n) is 12.3. The summed E-state index contributed by atoms with van der Waals surface area (Å²) in [6.45, 7) is 5.10. The van der Waals surface area contributed by atoms with Crippen molar-refractivity contribution in [2.24, 2.45) is 5.10 Å². The van der Waals surface area contributed by atoms with E-state index in [1.807, 2.05) is 48.5 Å². The van der Waals surface area contributed by atoms with Gasteiger partial charge < -0.3 is 19.3 Å². The second-order valence-corrected chi connectivity index (χ2v) is 9.10. The molecule has 0 unspecified atom stereocenters. The van der Waals surface area contributed by atoms with Gasteiger partial charge in [0.25, 0.3) is 0 Å². The van der Waals surface area contributed by atoms with Gasteiger partial charge in [-0.2, -0.15) is 20.1 Å². The molecule has 0 radical (unpaired) electrons. The fourth-order valence-corrected chi connectivity index (χ4v) is 4.38. The van der Waals surface area contributed by atoms with E-state index in [0.717, 1.165) is 50.1 Å². The molecule has 2 saturated heterocycles. The van der Waals surface area contributed by atoms with Gasteiger partial charge in [-0.1, -0.05) is 41.9 Å². The highest BCUT2D eigenvalue weighted by atomic mass is 35.5. The van der Waals surface area contributed by atoms with Gasteiger partial charge in [-0.05, 0) is 37.5 Å². The SMILES string of the molecule is Clc1ccccc1COc1ccccc1/C=N\Nc1nc(N2CCCCC2)nc(N2CCOCC2)n1. The van der Waals surface area contributed by atoms with Gasteiger partial charge in [0, 0.05) is 42.3 Å². The zero-order valence-electron chi connectivity index (χ0n) is 20.1. The number of nitrogens with one attached hydrogen (secondary N) is 1. The van der Waals surface area contributed by atoms with E-state index in [-0.39, 0.29) is 0 Å². The van der Waals surface area contributed by atoms with Crippen molar-refractivity contribution in [1.82, 2.24) is 15.0 Å². The number of anilines is 3. The molecule has 0 saturated carbocycles. The fourth-order valence-electron chi connectivity index (χ4n) is 4.19. The van der Waals surface area contributed by atoms with Crippen LogP contribution in [0.5, 0.6) is 5.75 Å². The van der Waals surface area contributed by atoms with Crippen LogP contribution in [0.3, 0.4) is 0 Å². The number of hydrogen-bond acceptors (Lipinski definition) is 9. The maximum Gasteiger partial charge on any atom is 0.250 e. The van der Waals surface area contributed by atoms with E-state index in [1.54, 1.807) is 6.21 Å². The van der Waals surface area contributed by atoms with Crippen molar-refractivity contribution < 1.29 is 9.47 Å². The molecule has 9 nitrogen and oxygen atoms in total. The molecule has 36 heavy (non-hydrogen) atoms. The lowest BCUT2D eigenvalue weighted by molar-refractivity contribution is 0.122. The van der Waals surface area contributed by atoms with Gasteiger partial charge in [0.15, 0.2) is 0 Å². The Hall–Kier alpha value is -3.43. The van der Waals surface area contributed by atoms with Crippen LogP contribution in [0.1, 0.15) is 30.4 Å². The fraction of sp³-hybridized carbons (Fsp3) is 0.385. The van der Waals surface area contributed by atoms with Crippen molar-refractivity contribution in [3.8, 4) is 5.75 Å². The Labute approximate surface area is 216 Å². The number of hydrogen-bond donors (Lipinski definition) is 1. The third kappa shape index (κ3) is 6.22. The number of aromatic nitrogens is 3. The van der Waals surface area contributed by atoms with Gasteiger partial charge in [-0.15, -0.1) is 0 Å². The maximum absolute atomic E-state index is 6.27. The van der Waals surface area contributed by atoms with Crippen molar-refractivity contribution in [2.75, 3.05) is 54.6 Å². The number of ether oxygens (including phenoxy) is 2. The van der Waals surface area contributed by atoms with Gasteiger partial charge >= 0.3 is 0 Å². The Morgan fingerprint density at radius 2 is 1.58 bits per heavy atom. The van der Waals surface area contributed by atoms with Gasteiger partial charge in [-0.3, -0.25) is 0 Å². The summed E-state index contributed by atoms with van der Waals surface area (Å²) in [7, 11) is 0. The van der Waals surface area contributed by atoms with Crippen LogP contribution in [0.15, 0.2) is 53.6 Å². The van der Waals surface area contributed by atoms with E-state index >= 15 is 0 Å². The molecular formula is C26H30ClN7O2. The summed E-state index contributed by atoms with van der Waals surface area (Å²) >= 11 is 6.27. The van der Waals surface area contributed by atoms with Gasteiger partial charge in [-0.25, -0.2) is 5.43 Å². The summed E-state index contributed by atoms with van der Waals surface area (Å²) in [5, 5.41) is 5.10. The third-order valence-electron chi connectivity index (χ3n) is 6.17. The van der Waals surface area contributed by atoms with Crippen molar-refractivity contribution in [2.45, 2.75) is 25.9 Å². The average molecular weight is 508 g/mol. The highest BCUT2D eigenvalue weighted by Crippen LogP contribution is 2.23. The first kappa shape index (κ1) is 24.3. The Bertz CT molecular complexity index is 1140. The maximum atomic E-state index is 6.27. The molecule has 0 atom stereocenters. The number of para-hydroxylation sites is 1. The molecule has 2 aliphatic rings. The Balaban J connectivity index is 1.32. The van der Waals surface area contributed by atoms with E-state index in [0.29, 0.717) is 48.4 Å². The number of halogens is 1. The van der Waals surface area contributed by atoms with Crippen LogP contribution in [0.2, 0.25) is 5.02 Å². The highest BCUT2D eigenvalue weighted by Gasteiger charge is 2.20. The van der Waals surface area contributed by atoms with Crippen molar-refractivity contribution in [3.05, 3.63) is 64.7 Å². The van der Waals surface area contributed by atoms with Crippen LogP contribution < -0.4 is 20.0 Å². The molecule has 188 valence electrons. The molecule has 0 aliphatic carbocycles. The molecule has 1 aromatic heterocycles. The van der Waals surface area contributed by atoms with Gasteiger partial charge in [0.05, 0.1) is 19.4 Å². The second-order valence-electron chi connectivity index (χ2n) is 8.69. The van der Waals surface area contributed by atoms with Crippen LogP contribution in [0, 0.1) is 0 Å². The van der Waals surface area contributed by atoms with Crippen LogP contribution in [0.4, 0.5) is 17.8 Å². The monoisotopic (exact) mass is 507 g/mol. The number of piperidine rings is 1. The summed E-state index contributed by atoms with van der Waals surface area (Å²) in [6.07, 6.45) is 5.24. The molecule has 2 aliphatic heterocycles. The second kappa shape index (κ2) is 12.0. The molecule has 3 heterocycles. The van der Waals surface area contributed by atoms with Crippen molar-refractivity contribution in [1.29, 1.82) is 0 Å². The first-order valence-corrected chi connectivity index (χ1v) is 12.7. The first-order chi connectivity index (χ1) is 17.8. The molecule has 0 amide bonds. The molecular weight excluding hydrogens is 478 g/mol. The largest absolute Gasteiger partial charge is 0.488 e. The molecule has 0 spiro atoms. The van der Waals surface area contributed by atoms with E-state index in [9.17, 15) is 0 Å². The molecule has 1 N–H and O–H groups in total. The van der Waals surface area contributed by atoms with Gasteiger partial charge in [0.1, 0.15) is 12.4 Å². The minimum atomic E-state index is 0.369. The number of benzene rings is 2. The Kier molecular flexibility index (Phi) is 8.10. The summed E-state index contributed by atoms with van der Waals surface area (Å²) in [5.74, 6) is 2.46. The van der Waals surface area contributed by atoms with Gasteiger partial charge in [0.2, 0.25) is 17.8 Å². The van der Waals surface area contributed by atoms with Crippen molar-refractivity contribution in [3.63, 3.8) is 0 Å². The van der Waals surface area contributed by atoms with Crippen molar-refractivity contribution >= 4 is 35.7 Å². The lowest BCUT2D eigenvalue weighted by Gasteiger charge is -2.30. The minimum Gasteiger partial charge on any atom is -0.488 e. The lowest BCUT2D eigenvalue weighted by Crippen LogP contribution is -2.38.